The summed E-state index contributed by atoms with van der Waals surface area (Å²) in [5.41, 5.74) is 1.90. The Balaban J connectivity index is 2.21. The van der Waals surface area contributed by atoms with E-state index < -0.39 is 0 Å². The van der Waals surface area contributed by atoms with Gasteiger partial charge in [0, 0.05) is 12.0 Å². The predicted molar refractivity (Wildman–Crippen MR) is 58.7 cm³/mol. The standard InChI is InChI=1S/C12H9ClO2/c13-12(14)8-9-3-5-10(6-4-9)11-2-1-7-15-11/h1-7H,8H2. The Labute approximate surface area is 92.5 Å². The van der Waals surface area contributed by atoms with Crippen LogP contribution in [-0.2, 0) is 11.2 Å². The fraction of sp³-hybridized carbons (Fsp3) is 0.0833. The highest BCUT2D eigenvalue weighted by Gasteiger charge is 2.02. The van der Waals surface area contributed by atoms with Crippen LogP contribution in [0.2, 0.25) is 0 Å². The van der Waals surface area contributed by atoms with Crippen LogP contribution in [0.4, 0.5) is 0 Å². The van der Waals surface area contributed by atoms with Crippen molar-refractivity contribution in [1.29, 1.82) is 0 Å². The molecule has 0 aliphatic heterocycles. The molecule has 2 aromatic rings. The lowest BCUT2D eigenvalue weighted by molar-refractivity contribution is -0.111. The number of carbonyl (C=O) groups is 1. The Hall–Kier alpha value is -1.54. The molecule has 3 heteroatoms. The fourth-order valence-corrected chi connectivity index (χ4v) is 1.54. The highest BCUT2D eigenvalue weighted by atomic mass is 35.5. The summed E-state index contributed by atoms with van der Waals surface area (Å²) in [6, 6.07) is 11.3. The van der Waals surface area contributed by atoms with E-state index in [2.05, 4.69) is 0 Å². The zero-order valence-electron chi connectivity index (χ0n) is 7.94. The van der Waals surface area contributed by atoms with Crippen molar-refractivity contribution in [1.82, 2.24) is 0 Å². The minimum Gasteiger partial charge on any atom is -0.464 e. The van der Waals surface area contributed by atoms with Gasteiger partial charge in [0.25, 0.3) is 0 Å². The van der Waals surface area contributed by atoms with Gasteiger partial charge in [0.05, 0.1) is 6.26 Å². The maximum absolute atomic E-state index is 10.7. The van der Waals surface area contributed by atoms with E-state index in [4.69, 9.17) is 16.0 Å². The zero-order chi connectivity index (χ0) is 10.7. The number of furan rings is 1. The van der Waals surface area contributed by atoms with Crippen molar-refractivity contribution in [2.24, 2.45) is 0 Å². The molecule has 0 spiro atoms. The second-order valence-corrected chi connectivity index (χ2v) is 3.63. The molecule has 0 saturated heterocycles. The third-order valence-electron chi connectivity index (χ3n) is 2.10. The number of hydrogen-bond acceptors (Lipinski definition) is 2. The third-order valence-corrected chi connectivity index (χ3v) is 2.24. The first kappa shape index (κ1) is 9.99. The Morgan fingerprint density at radius 1 is 1.20 bits per heavy atom. The molecule has 0 aliphatic carbocycles. The van der Waals surface area contributed by atoms with E-state index in [0.29, 0.717) is 0 Å². The first-order valence-electron chi connectivity index (χ1n) is 4.57. The van der Waals surface area contributed by atoms with Crippen LogP contribution in [0.3, 0.4) is 0 Å². The Kier molecular flexibility index (Phi) is 2.88. The summed E-state index contributed by atoms with van der Waals surface area (Å²) in [5, 5.41) is -0.347. The van der Waals surface area contributed by atoms with Crippen molar-refractivity contribution in [3.63, 3.8) is 0 Å². The van der Waals surface area contributed by atoms with E-state index >= 15 is 0 Å². The molecule has 15 heavy (non-hydrogen) atoms. The monoisotopic (exact) mass is 220 g/mol. The molecular formula is C12H9ClO2. The SMILES string of the molecule is O=C(Cl)Cc1ccc(-c2ccco2)cc1. The molecule has 2 rings (SSSR count). The Bertz CT molecular complexity index is 443. The molecule has 1 aromatic heterocycles. The van der Waals surface area contributed by atoms with Gasteiger partial charge >= 0.3 is 0 Å². The van der Waals surface area contributed by atoms with Crippen LogP contribution in [0, 0.1) is 0 Å². The van der Waals surface area contributed by atoms with Crippen molar-refractivity contribution in [3.8, 4) is 11.3 Å². The molecule has 0 amide bonds. The van der Waals surface area contributed by atoms with E-state index in [-0.39, 0.29) is 11.7 Å². The molecule has 0 atom stereocenters. The van der Waals surface area contributed by atoms with Gasteiger partial charge in [0.1, 0.15) is 5.76 Å². The normalized spacial score (nSPS) is 10.2. The highest BCUT2D eigenvalue weighted by Crippen LogP contribution is 2.20. The zero-order valence-corrected chi connectivity index (χ0v) is 8.70. The number of hydrogen-bond donors (Lipinski definition) is 0. The quantitative estimate of drug-likeness (QED) is 0.744. The summed E-state index contributed by atoms with van der Waals surface area (Å²) < 4.78 is 5.25. The van der Waals surface area contributed by atoms with E-state index in [1.54, 1.807) is 6.26 Å². The summed E-state index contributed by atoms with van der Waals surface area (Å²) in [6.45, 7) is 0. The van der Waals surface area contributed by atoms with Crippen LogP contribution >= 0.6 is 11.6 Å². The smallest absolute Gasteiger partial charge is 0.226 e. The molecule has 0 fully saturated rings. The highest BCUT2D eigenvalue weighted by molar-refractivity contribution is 6.63. The summed E-state index contributed by atoms with van der Waals surface area (Å²) in [4.78, 5) is 10.7. The van der Waals surface area contributed by atoms with Gasteiger partial charge in [-0.25, -0.2) is 0 Å². The van der Waals surface area contributed by atoms with Gasteiger partial charge in [-0.05, 0) is 29.3 Å². The molecular weight excluding hydrogens is 212 g/mol. The van der Waals surface area contributed by atoms with Crippen molar-refractivity contribution >= 4 is 16.8 Å². The number of carbonyl (C=O) groups excluding carboxylic acids is 1. The van der Waals surface area contributed by atoms with Crippen LogP contribution in [-0.4, -0.2) is 5.24 Å². The van der Waals surface area contributed by atoms with E-state index in [0.717, 1.165) is 16.9 Å². The maximum Gasteiger partial charge on any atom is 0.226 e. The van der Waals surface area contributed by atoms with Crippen molar-refractivity contribution in [2.45, 2.75) is 6.42 Å². The van der Waals surface area contributed by atoms with Crippen LogP contribution in [0.15, 0.2) is 47.1 Å². The maximum atomic E-state index is 10.7. The van der Waals surface area contributed by atoms with Gasteiger partial charge < -0.3 is 4.42 Å². The van der Waals surface area contributed by atoms with E-state index in [1.807, 2.05) is 36.4 Å². The molecule has 1 aromatic carbocycles. The second kappa shape index (κ2) is 4.32. The van der Waals surface area contributed by atoms with Crippen LogP contribution in [0.5, 0.6) is 0 Å². The van der Waals surface area contributed by atoms with Crippen LogP contribution in [0.25, 0.3) is 11.3 Å². The molecule has 0 N–H and O–H groups in total. The fourth-order valence-electron chi connectivity index (χ4n) is 1.39. The van der Waals surface area contributed by atoms with Gasteiger partial charge in [-0.1, -0.05) is 24.3 Å². The summed E-state index contributed by atoms with van der Waals surface area (Å²) in [5.74, 6) is 0.818. The Morgan fingerprint density at radius 3 is 2.47 bits per heavy atom. The first-order valence-corrected chi connectivity index (χ1v) is 4.94. The van der Waals surface area contributed by atoms with E-state index in [1.165, 1.54) is 0 Å². The summed E-state index contributed by atoms with van der Waals surface area (Å²) >= 11 is 5.29. The van der Waals surface area contributed by atoms with Gasteiger partial charge in [-0.15, -0.1) is 0 Å². The van der Waals surface area contributed by atoms with Crippen molar-refractivity contribution in [3.05, 3.63) is 48.2 Å². The molecule has 0 radical (unpaired) electrons. The minimum absolute atomic E-state index is 0.264. The van der Waals surface area contributed by atoms with E-state index in [9.17, 15) is 4.79 Å². The van der Waals surface area contributed by atoms with Crippen LogP contribution < -0.4 is 0 Å². The lowest BCUT2D eigenvalue weighted by Crippen LogP contribution is -1.92. The van der Waals surface area contributed by atoms with Gasteiger partial charge in [-0.3, -0.25) is 4.79 Å². The van der Waals surface area contributed by atoms with Crippen LogP contribution in [0.1, 0.15) is 5.56 Å². The predicted octanol–water partition coefficient (Wildman–Crippen LogP) is 3.25. The number of rotatable bonds is 3. The first-order chi connectivity index (χ1) is 7.25. The lowest BCUT2D eigenvalue weighted by Gasteiger charge is -1.99. The molecule has 1 heterocycles. The second-order valence-electron chi connectivity index (χ2n) is 3.21. The average Bonchev–Trinajstić information content (AvgIpc) is 2.71. The minimum atomic E-state index is -0.347. The lowest BCUT2D eigenvalue weighted by atomic mass is 10.1. The molecule has 0 bridgehead atoms. The Morgan fingerprint density at radius 2 is 1.93 bits per heavy atom. The summed E-state index contributed by atoms with van der Waals surface area (Å²) in [7, 11) is 0. The molecule has 2 nitrogen and oxygen atoms in total. The third kappa shape index (κ3) is 2.48. The molecule has 76 valence electrons. The van der Waals surface area contributed by atoms with Gasteiger partial charge in [0.15, 0.2) is 0 Å². The van der Waals surface area contributed by atoms with Gasteiger partial charge in [-0.2, -0.15) is 0 Å². The largest absolute Gasteiger partial charge is 0.464 e. The van der Waals surface area contributed by atoms with Crippen molar-refractivity contribution in [2.75, 3.05) is 0 Å². The average molecular weight is 221 g/mol. The number of benzene rings is 1. The van der Waals surface area contributed by atoms with Crippen molar-refractivity contribution < 1.29 is 9.21 Å². The molecule has 0 unspecified atom stereocenters. The molecule has 0 saturated carbocycles. The summed E-state index contributed by atoms with van der Waals surface area (Å²) in [6.07, 6.45) is 1.89. The molecule has 0 aliphatic rings. The van der Waals surface area contributed by atoms with Gasteiger partial charge in [0.2, 0.25) is 5.24 Å². The number of halogens is 1. The topological polar surface area (TPSA) is 30.2 Å².